The Hall–Kier alpha value is -0.560. The molecular weight excluding hydrogens is 286 g/mol. The Morgan fingerprint density at radius 3 is 2.42 bits per heavy atom. The van der Waals surface area contributed by atoms with E-state index < -0.39 is 23.7 Å². The summed E-state index contributed by atoms with van der Waals surface area (Å²) in [6, 6.07) is -0.922. The van der Waals surface area contributed by atoms with Crippen LogP contribution in [0.25, 0.3) is 0 Å². The molecule has 0 aromatic heterocycles. The topological polar surface area (TPSA) is 75.6 Å². The molecule has 0 rings (SSSR count). The van der Waals surface area contributed by atoms with Crippen molar-refractivity contribution in [1.82, 2.24) is 5.32 Å². The zero-order chi connectivity index (χ0) is 14.9. The minimum absolute atomic E-state index is 0.322. The number of carboxylic acids is 1. The number of alkyl carbamates (subject to hydrolysis) is 1. The van der Waals surface area contributed by atoms with E-state index in [4.69, 9.17) is 9.84 Å². The first kappa shape index (κ1) is 18.4. The van der Waals surface area contributed by atoms with Crippen LogP contribution in [0.4, 0.5) is 4.79 Å². The number of hydrogen-bond acceptors (Lipinski definition) is 5. The van der Waals surface area contributed by atoms with Gasteiger partial charge in [0.25, 0.3) is 0 Å². The molecule has 0 aromatic rings. The third-order valence-corrected chi connectivity index (χ3v) is 4.39. The number of nitrogens with one attached hydrogen (secondary N) is 1. The lowest BCUT2D eigenvalue weighted by molar-refractivity contribution is -0.138. The molecular formula is C12H23NO4S2. The van der Waals surface area contributed by atoms with E-state index in [0.29, 0.717) is 5.75 Å². The fourth-order valence-corrected chi connectivity index (χ4v) is 3.39. The summed E-state index contributed by atoms with van der Waals surface area (Å²) in [6.45, 7) is 7.31. The molecule has 0 aliphatic heterocycles. The molecule has 0 heterocycles. The number of aliphatic carboxylic acids is 1. The molecule has 0 bridgehead atoms. The maximum absolute atomic E-state index is 11.5. The summed E-state index contributed by atoms with van der Waals surface area (Å²) in [4.78, 5) is 22.5. The molecule has 0 radical (unpaired) electrons. The van der Waals surface area contributed by atoms with E-state index in [2.05, 4.69) is 12.2 Å². The van der Waals surface area contributed by atoms with Crippen LogP contribution in [0.5, 0.6) is 0 Å². The molecule has 0 aromatic carbocycles. The van der Waals surface area contributed by atoms with Crippen LogP contribution in [-0.4, -0.2) is 40.3 Å². The smallest absolute Gasteiger partial charge is 0.408 e. The first-order chi connectivity index (χ1) is 8.76. The molecule has 2 N–H and O–H groups in total. The standard InChI is InChI=1S/C12H23NO4S2/c1-5-6-7-18-19-8-9(10(14)15)13-11(16)17-12(2,3)4/h9H,5-8H2,1-4H3,(H,13,16)(H,14,15)/t9-/m0/s1. The van der Waals surface area contributed by atoms with E-state index in [1.54, 1.807) is 31.6 Å². The summed E-state index contributed by atoms with van der Waals surface area (Å²) in [5.74, 6) is 0.262. The average molecular weight is 309 g/mol. The lowest BCUT2D eigenvalue weighted by Gasteiger charge is -2.21. The Balaban J connectivity index is 4.05. The Morgan fingerprint density at radius 1 is 1.32 bits per heavy atom. The van der Waals surface area contributed by atoms with Crippen LogP contribution in [0.2, 0.25) is 0 Å². The molecule has 0 aliphatic rings. The number of hydrogen-bond donors (Lipinski definition) is 2. The van der Waals surface area contributed by atoms with Gasteiger partial charge in [-0.25, -0.2) is 9.59 Å². The number of carboxylic acid groups (broad SMARTS) is 1. The predicted molar refractivity (Wildman–Crippen MR) is 80.6 cm³/mol. The monoisotopic (exact) mass is 309 g/mol. The Labute approximate surface area is 122 Å². The van der Waals surface area contributed by atoms with Gasteiger partial charge in [0.2, 0.25) is 0 Å². The van der Waals surface area contributed by atoms with Crippen molar-refractivity contribution in [2.45, 2.75) is 52.2 Å². The van der Waals surface area contributed by atoms with Gasteiger partial charge in [-0.2, -0.15) is 0 Å². The van der Waals surface area contributed by atoms with E-state index >= 15 is 0 Å². The largest absolute Gasteiger partial charge is 0.480 e. The van der Waals surface area contributed by atoms with E-state index in [1.165, 1.54) is 10.8 Å². The van der Waals surface area contributed by atoms with Gasteiger partial charge in [0.05, 0.1) is 0 Å². The molecule has 5 nitrogen and oxygen atoms in total. The first-order valence-electron chi connectivity index (χ1n) is 6.23. The van der Waals surface area contributed by atoms with Crippen molar-refractivity contribution in [3.63, 3.8) is 0 Å². The van der Waals surface area contributed by atoms with Crippen LogP contribution >= 0.6 is 21.6 Å². The van der Waals surface area contributed by atoms with Gasteiger partial charge >= 0.3 is 12.1 Å². The number of unbranched alkanes of at least 4 members (excludes halogenated alkanes) is 1. The van der Waals surface area contributed by atoms with Gasteiger partial charge in [-0.15, -0.1) is 0 Å². The van der Waals surface area contributed by atoms with Crippen molar-refractivity contribution < 1.29 is 19.4 Å². The van der Waals surface area contributed by atoms with Crippen LogP contribution < -0.4 is 5.32 Å². The number of rotatable bonds is 8. The number of amides is 1. The van der Waals surface area contributed by atoms with Gasteiger partial charge in [0, 0.05) is 11.5 Å². The van der Waals surface area contributed by atoms with Crippen LogP contribution in [0.15, 0.2) is 0 Å². The fraction of sp³-hybridized carbons (Fsp3) is 0.833. The Kier molecular flexibility index (Phi) is 9.08. The maximum atomic E-state index is 11.5. The van der Waals surface area contributed by atoms with E-state index in [1.807, 2.05) is 0 Å². The lowest BCUT2D eigenvalue weighted by atomic mass is 10.2. The summed E-state index contributed by atoms with van der Waals surface area (Å²) < 4.78 is 5.03. The van der Waals surface area contributed by atoms with Crippen molar-refractivity contribution in [2.24, 2.45) is 0 Å². The third-order valence-electron chi connectivity index (χ3n) is 1.89. The first-order valence-corrected chi connectivity index (χ1v) is 8.71. The quantitative estimate of drug-likeness (QED) is 0.530. The van der Waals surface area contributed by atoms with Crippen molar-refractivity contribution >= 4 is 33.7 Å². The minimum atomic E-state index is -1.05. The lowest BCUT2D eigenvalue weighted by Crippen LogP contribution is -2.44. The van der Waals surface area contributed by atoms with E-state index in [-0.39, 0.29) is 0 Å². The Bertz CT molecular complexity index is 292. The number of carbonyl (C=O) groups excluding carboxylic acids is 1. The van der Waals surface area contributed by atoms with Gasteiger partial charge in [-0.1, -0.05) is 34.9 Å². The molecule has 1 atom stereocenters. The second-order valence-corrected chi connectivity index (χ2v) is 7.62. The van der Waals surface area contributed by atoms with Gasteiger partial charge in [0.1, 0.15) is 11.6 Å². The van der Waals surface area contributed by atoms with Gasteiger partial charge in [-0.3, -0.25) is 0 Å². The van der Waals surface area contributed by atoms with Gasteiger partial charge in [-0.05, 0) is 27.2 Å². The number of carbonyl (C=O) groups is 2. The number of ether oxygens (including phenoxy) is 1. The van der Waals surface area contributed by atoms with Crippen molar-refractivity contribution in [3.05, 3.63) is 0 Å². The normalized spacial score (nSPS) is 12.8. The third kappa shape index (κ3) is 11.0. The Morgan fingerprint density at radius 2 is 1.95 bits per heavy atom. The molecule has 0 spiro atoms. The summed E-state index contributed by atoms with van der Waals surface area (Å²) in [5.41, 5.74) is -0.629. The highest BCUT2D eigenvalue weighted by molar-refractivity contribution is 8.76. The highest BCUT2D eigenvalue weighted by Gasteiger charge is 2.23. The van der Waals surface area contributed by atoms with E-state index in [0.717, 1.165) is 18.6 Å². The second-order valence-electron chi connectivity index (χ2n) is 5.00. The summed E-state index contributed by atoms with van der Waals surface area (Å²) in [5, 5.41) is 11.4. The van der Waals surface area contributed by atoms with Crippen LogP contribution in [-0.2, 0) is 9.53 Å². The van der Waals surface area contributed by atoms with Crippen LogP contribution in [0.1, 0.15) is 40.5 Å². The van der Waals surface area contributed by atoms with Crippen molar-refractivity contribution in [3.8, 4) is 0 Å². The molecule has 112 valence electrons. The van der Waals surface area contributed by atoms with Crippen molar-refractivity contribution in [2.75, 3.05) is 11.5 Å². The molecule has 0 unspecified atom stereocenters. The summed E-state index contributed by atoms with van der Waals surface area (Å²) >= 11 is 0. The predicted octanol–water partition coefficient (Wildman–Crippen LogP) is 3.15. The van der Waals surface area contributed by atoms with Crippen molar-refractivity contribution in [1.29, 1.82) is 0 Å². The molecule has 0 saturated heterocycles. The highest BCUT2D eigenvalue weighted by atomic mass is 33.1. The van der Waals surface area contributed by atoms with Crippen LogP contribution in [0.3, 0.4) is 0 Å². The SMILES string of the molecule is CCCCSSC[C@H](NC(=O)OC(C)(C)C)C(=O)O. The zero-order valence-corrected chi connectivity index (χ0v) is 13.5. The molecule has 1 amide bonds. The highest BCUT2D eigenvalue weighted by Crippen LogP contribution is 2.23. The second kappa shape index (κ2) is 9.36. The fourth-order valence-electron chi connectivity index (χ4n) is 1.00. The molecule has 7 heteroatoms. The summed E-state index contributed by atoms with van der Waals surface area (Å²) in [6.07, 6.45) is 1.53. The minimum Gasteiger partial charge on any atom is -0.480 e. The maximum Gasteiger partial charge on any atom is 0.408 e. The van der Waals surface area contributed by atoms with Crippen LogP contribution in [0, 0.1) is 0 Å². The molecule has 0 saturated carbocycles. The molecule has 0 aliphatic carbocycles. The van der Waals surface area contributed by atoms with E-state index in [9.17, 15) is 9.59 Å². The zero-order valence-electron chi connectivity index (χ0n) is 11.9. The molecule has 0 fully saturated rings. The molecule has 19 heavy (non-hydrogen) atoms. The van der Waals surface area contributed by atoms with Gasteiger partial charge < -0.3 is 15.2 Å². The summed E-state index contributed by atoms with van der Waals surface area (Å²) in [7, 11) is 3.08. The van der Waals surface area contributed by atoms with Gasteiger partial charge in [0.15, 0.2) is 0 Å². The average Bonchev–Trinajstić information content (AvgIpc) is 2.24.